The number of nitrogens with two attached hydrogens (primary N) is 1. The normalized spacial score (nSPS) is 11.7. The predicted octanol–water partition coefficient (Wildman–Crippen LogP) is 1.37. The number of nitrogens with zero attached hydrogens (tertiary/aromatic N) is 1. The van der Waals surface area contributed by atoms with Crippen LogP contribution < -0.4 is 16.6 Å². The average Bonchev–Trinajstić information content (AvgIpc) is 2.43. The van der Waals surface area contributed by atoms with Crippen LogP contribution in [0.5, 0.6) is 0 Å². The molecule has 106 valence electrons. The number of ether oxygens (including phenoxy) is 1. The zero-order chi connectivity index (χ0) is 14.1. The third-order valence-electron chi connectivity index (χ3n) is 2.80. The lowest BCUT2D eigenvalue weighted by Crippen LogP contribution is -2.42. The Hall–Kier alpha value is -1.59. The molecule has 1 aromatic carbocycles. The minimum atomic E-state index is 0.550. The van der Waals surface area contributed by atoms with E-state index in [0.29, 0.717) is 31.6 Å². The van der Waals surface area contributed by atoms with Crippen molar-refractivity contribution in [2.24, 2.45) is 10.8 Å². The molecule has 0 heterocycles. The monoisotopic (exact) mass is 264 g/mol. The summed E-state index contributed by atoms with van der Waals surface area (Å²) in [5.74, 6) is 6.52. The Balaban J connectivity index is 2.52. The quantitative estimate of drug-likeness (QED) is 0.238. The number of aliphatic imine (C=N–C) groups is 1. The topological polar surface area (TPSA) is 71.7 Å². The van der Waals surface area contributed by atoms with Crippen LogP contribution in [0, 0.1) is 0 Å². The van der Waals surface area contributed by atoms with Gasteiger partial charge in [0.2, 0.25) is 5.96 Å². The van der Waals surface area contributed by atoms with E-state index in [-0.39, 0.29) is 0 Å². The Labute approximate surface area is 115 Å². The van der Waals surface area contributed by atoms with Gasteiger partial charge in [-0.2, -0.15) is 0 Å². The highest BCUT2D eigenvalue weighted by atomic mass is 16.5. The van der Waals surface area contributed by atoms with E-state index < -0.39 is 0 Å². The van der Waals surface area contributed by atoms with Crippen molar-refractivity contribution in [2.75, 3.05) is 20.3 Å². The molecule has 4 N–H and O–H groups in total. The van der Waals surface area contributed by atoms with Gasteiger partial charge in [-0.05, 0) is 17.0 Å². The summed E-state index contributed by atoms with van der Waals surface area (Å²) in [4.78, 5) is 4.37. The van der Waals surface area contributed by atoms with Crippen molar-refractivity contribution in [3.63, 3.8) is 0 Å². The van der Waals surface area contributed by atoms with Crippen molar-refractivity contribution in [2.45, 2.75) is 26.3 Å². The van der Waals surface area contributed by atoms with Crippen LogP contribution in [0.3, 0.4) is 0 Å². The van der Waals surface area contributed by atoms with Gasteiger partial charge in [0.15, 0.2) is 0 Å². The molecule has 0 fully saturated rings. The van der Waals surface area contributed by atoms with Crippen LogP contribution in [0.25, 0.3) is 0 Å². The van der Waals surface area contributed by atoms with E-state index in [9.17, 15) is 0 Å². The molecule has 0 aromatic heterocycles. The molecule has 5 heteroatoms. The summed E-state index contributed by atoms with van der Waals surface area (Å²) in [6, 6.07) is 8.48. The first kappa shape index (κ1) is 15.5. The fraction of sp³-hybridized carbons (Fsp3) is 0.500. The van der Waals surface area contributed by atoms with Gasteiger partial charge in [-0.3, -0.25) is 5.43 Å². The molecule has 0 amide bonds. The summed E-state index contributed by atoms with van der Waals surface area (Å²) >= 11 is 0. The lowest BCUT2D eigenvalue weighted by Gasteiger charge is -2.09. The highest BCUT2D eigenvalue weighted by Crippen LogP contribution is 2.14. The van der Waals surface area contributed by atoms with Crippen LogP contribution >= 0.6 is 0 Å². The Morgan fingerprint density at radius 2 is 2.00 bits per heavy atom. The van der Waals surface area contributed by atoms with E-state index in [1.165, 1.54) is 5.56 Å². The highest BCUT2D eigenvalue weighted by Gasteiger charge is 1.99. The van der Waals surface area contributed by atoms with Gasteiger partial charge in [0.05, 0.1) is 13.2 Å². The van der Waals surface area contributed by atoms with E-state index in [1.54, 1.807) is 7.11 Å². The lowest BCUT2D eigenvalue weighted by molar-refractivity contribution is 0.203. The van der Waals surface area contributed by atoms with Gasteiger partial charge in [-0.15, -0.1) is 0 Å². The number of nitrogens with one attached hydrogen (secondary N) is 2. The third kappa shape index (κ3) is 5.72. The molecule has 0 radical (unpaired) electrons. The molecule has 0 aliphatic rings. The Kier molecular flexibility index (Phi) is 6.92. The van der Waals surface area contributed by atoms with Gasteiger partial charge in [-0.25, -0.2) is 10.8 Å². The van der Waals surface area contributed by atoms with Crippen molar-refractivity contribution in [1.82, 2.24) is 10.7 Å². The maximum absolute atomic E-state index is 5.40. The second-order valence-electron chi connectivity index (χ2n) is 4.63. The smallest absolute Gasteiger partial charge is 0.206 e. The number of hydrazine groups is 1. The van der Waals surface area contributed by atoms with Crippen molar-refractivity contribution in [3.8, 4) is 0 Å². The van der Waals surface area contributed by atoms with Crippen LogP contribution in [0.4, 0.5) is 0 Å². The zero-order valence-electron chi connectivity index (χ0n) is 11.9. The fourth-order valence-corrected chi connectivity index (χ4v) is 1.60. The molecule has 0 unspecified atom stereocenters. The van der Waals surface area contributed by atoms with Gasteiger partial charge >= 0.3 is 0 Å². The number of guanidine groups is 1. The molecule has 19 heavy (non-hydrogen) atoms. The van der Waals surface area contributed by atoms with Gasteiger partial charge in [0, 0.05) is 13.7 Å². The van der Waals surface area contributed by atoms with Crippen LogP contribution in [0.1, 0.15) is 30.9 Å². The van der Waals surface area contributed by atoms with Crippen molar-refractivity contribution < 1.29 is 4.74 Å². The maximum Gasteiger partial charge on any atom is 0.206 e. The summed E-state index contributed by atoms with van der Waals surface area (Å²) in [6.07, 6.45) is 0. The minimum absolute atomic E-state index is 0.550. The van der Waals surface area contributed by atoms with Crippen molar-refractivity contribution in [3.05, 3.63) is 35.4 Å². The van der Waals surface area contributed by atoms with Gasteiger partial charge < -0.3 is 10.1 Å². The Morgan fingerprint density at radius 3 is 2.53 bits per heavy atom. The number of benzene rings is 1. The summed E-state index contributed by atoms with van der Waals surface area (Å²) in [7, 11) is 1.66. The molecular formula is C14H24N4O. The second-order valence-corrected chi connectivity index (χ2v) is 4.63. The van der Waals surface area contributed by atoms with Gasteiger partial charge in [0.25, 0.3) is 0 Å². The molecule has 5 nitrogen and oxygen atoms in total. The van der Waals surface area contributed by atoms with Crippen LogP contribution in [-0.2, 0) is 11.3 Å². The predicted molar refractivity (Wildman–Crippen MR) is 78.9 cm³/mol. The molecule has 0 bridgehead atoms. The maximum atomic E-state index is 5.40. The van der Waals surface area contributed by atoms with E-state index in [0.717, 1.165) is 5.56 Å². The first-order valence-electron chi connectivity index (χ1n) is 6.50. The number of hydrogen-bond donors (Lipinski definition) is 3. The number of hydrogen-bond acceptors (Lipinski definition) is 3. The second kappa shape index (κ2) is 8.50. The molecule has 1 aromatic rings. The molecule has 1 rings (SSSR count). The van der Waals surface area contributed by atoms with E-state index in [1.807, 2.05) is 0 Å². The van der Waals surface area contributed by atoms with Crippen LogP contribution in [0.2, 0.25) is 0 Å². The van der Waals surface area contributed by atoms with Crippen molar-refractivity contribution >= 4 is 5.96 Å². The summed E-state index contributed by atoms with van der Waals surface area (Å²) in [5, 5.41) is 3.06. The summed E-state index contributed by atoms with van der Waals surface area (Å²) < 4.78 is 4.95. The van der Waals surface area contributed by atoms with Gasteiger partial charge in [0.1, 0.15) is 0 Å². The molecular weight excluding hydrogens is 240 g/mol. The van der Waals surface area contributed by atoms with Crippen LogP contribution in [-0.4, -0.2) is 26.2 Å². The first-order chi connectivity index (χ1) is 9.17. The molecule has 0 saturated heterocycles. The Morgan fingerprint density at radius 1 is 1.32 bits per heavy atom. The van der Waals surface area contributed by atoms with E-state index in [4.69, 9.17) is 10.6 Å². The molecule has 0 aliphatic heterocycles. The van der Waals surface area contributed by atoms with Crippen LogP contribution in [0.15, 0.2) is 29.3 Å². The largest absolute Gasteiger partial charge is 0.383 e. The molecule has 0 atom stereocenters. The Bertz CT molecular complexity index is 387. The average molecular weight is 264 g/mol. The van der Waals surface area contributed by atoms with E-state index in [2.05, 4.69) is 53.8 Å². The van der Waals surface area contributed by atoms with Crippen molar-refractivity contribution in [1.29, 1.82) is 0 Å². The molecule has 0 aliphatic carbocycles. The summed E-state index contributed by atoms with van der Waals surface area (Å²) in [6.45, 7) is 6.25. The lowest BCUT2D eigenvalue weighted by atomic mass is 10.0. The summed E-state index contributed by atoms with van der Waals surface area (Å²) in [5.41, 5.74) is 5.04. The number of rotatable bonds is 6. The first-order valence-corrected chi connectivity index (χ1v) is 6.50. The zero-order valence-corrected chi connectivity index (χ0v) is 11.9. The standard InChI is InChI=1S/C14H24N4O/c1-11(2)13-6-4-12(5-7-13)10-17-14(18-15)16-8-9-19-3/h4-7,11H,8-10,15H2,1-3H3,(H2,16,17,18). The minimum Gasteiger partial charge on any atom is -0.383 e. The number of methoxy groups -OCH3 is 1. The van der Waals surface area contributed by atoms with E-state index >= 15 is 0 Å². The highest BCUT2D eigenvalue weighted by molar-refractivity contribution is 5.79. The fourth-order valence-electron chi connectivity index (χ4n) is 1.60. The molecule has 0 saturated carbocycles. The molecule has 0 spiro atoms. The SMILES string of the molecule is COCCNC(=NCc1ccc(C(C)C)cc1)NN. The van der Waals surface area contributed by atoms with Gasteiger partial charge in [-0.1, -0.05) is 38.1 Å². The third-order valence-corrected chi connectivity index (χ3v) is 2.80.